The van der Waals surface area contributed by atoms with Crippen molar-refractivity contribution < 1.29 is 20.4 Å². The molecule has 0 amide bonds. The number of hydrogen-bond acceptors (Lipinski definition) is 4. The van der Waals surface area contributed by atoms with Gasteiger partial charge in [-0.15, -0.1) is 23.2 Å². The Kier molecular flexibility index (Phi) is 17.3. The molecule has 0 aromatic carbocycles. The van der Waals surface area contributed by atoms with Gasteiger partial charge in [-0.3, -0.25) is 0 Å². The molecule has 0 aliphatic rings. The summed E-state index contributed by atoms with van der Waals surface area (Å²) in [7, 11) is 0. The molecule has 0 fully saturated rings. The third kappa shape index (κ3) is 17.5. The first-order valence-electron chi connectivity index (χ1n) is 8.28. The number of alkyl halides is 2. The second-order valence-corrected chi connectivity index (χ2v) is 9.71. The van der Waals surface area contributed by atoms with Crippen LogP contribution in [0.1, 0.15) is 53.4 Å². The largest absolute Gasteiger partial charge is 0.393 e. The molecule has 0 aromatic rings. The van der Waals surface area contributed by atoms with Crippen molar-refractivity contribution in [3.05, 3.63) is 19.3 Å². The highest BCUT2D eigenvalue weighted by atomic mass is 127. The molecule has 0 aliphatic carbocycles. The van der Waals surface area contributed by atoms with Crippen LogP contribution in [0, 0.1) is 0 Å². The average Bonchev–Trinajstić information content (AvgIpc) is 2.53. The highest BCUT2D eigenvalue weighted by Crippen LogP contribution is 2.22. The molecule has 156 valence electrons. The first-order chi connectivity index (χ1) is 11.8. The van der Waals surface area contributed by atoms with Crippen LogP contribution in [0.5, 0.6) is 0 Å². The number of halogens is 4. The molecule has 0 aliphatic heterocycles. The summed E-state index contributed by atoms with van der Waals surface area (Å²) in [5.41, 5.74) is 0.263. The second-order valence-electron chi connectivity index (χ2n) is 7.23. The SMILES string of the molecule is C/C(=C\I)C[C@@H](Cl)C[C@](C)(O)CO.C/C(=C\I)C[C@@H](Cl)C[C@](C)(O)CO. The van der Waals surface area contributed by atoms with Crippen LogP contribution in [0.4, 0.5) is 0 Å². The minimum atomic E-state index is -1.06. The smallest absolute Gasteiger partial charge is 0.0863 e. The van der Waals surface area contributed by atoms with E-state index in [4.69, 9.17) is 33.4 Å². The van der Waals surface area contributed by atoms with Crippen molar-refractivity contribution in [3.8, 4) is 0 Å². The highest BCUT2D eigenvalue weighted by Gasteiger charge is 2.24. The van der Waals surface area contributed by atoms with E-state index in [0.717, 1.165) is 12.8 Å². The Balaban J connectivity index is 0. The van der Waals surface area contributed by atoms with Crippen molar-refractivity contribution in [2.24, 2.45) is 0 Å². The Labute approximate surface area is 195 Å². The van der Waals surface area contributed by atoms with Crippen molar-refractivity contribution in [2.75, 3.05) is 13.2 Å². The van der Waals surface area contributed by atoms with Crippen LogP contribution in [-0.2, 0) is 0 Å². The van der Waals surface area contributed by atoms with Crippen molar-refractivity contribution >= 4 is 68.4 Å². The van der Waals surface area contributed by atoms with Crippen molar-refractivity contribution in [1.82, 2.24) is 0 Å². The van der Waals surface area contributed by atoms with Crippen LogP contribution in [0.3, 0.4) is 0 Å². The van der Waals surface area contributed by atoms with E-state index in [9.17, 15) is 10.2 Å². The standard InChI is InChI=1S/2C9H16ClIO2/c2*1-7(5-11)3-8(10)4-9(2,13)6-12/h2*5,8,12-13H,3-4,6H2,1-2H3/b2*7-5+/t2*8-,9+/m11/s1. The zero-order valence-corrected chi connectivity index (χ0v) is 21.7. The summed E-state index contributed by atoms with van der Waals surface area (Å²) in [6.45, 7) is 6.67. The lowest BCUT2D eigenvalue weighted by Gasteiger charge is -2.23. The van der Waals surface area contributed by atoms with E-state index < -0.39 is 11.2 Å². The van der Waals surface area contributed by atoms with Crippen molar-refractivity contribution in [1.29, 1.82) is 0 Å². The van der Waals surface area contributed by atoms with Gasteiger partial charge in [-0.25, -0.2) is 0 Å². The van der Waals surface area contributed by atoms with E-state index in [-0.39, 0.29) is 24.0 Å². The van der Waals surface area contributed by atoms with E-state index in [1.165, 1.54) is 11.1 Å². The van der Waals surface area contributed by atoms with Crippen molar-refractivity contribution in [3.63, 3.8) is 0 Å². The summed E-state index contributed by atoms with van der Waals surface area (Å²) < 4.78 is 3.95. The topological polar surface area (TPSA) is 80.9 Å². The Bertz CT molecular complexity index is 401. The van der Waals surface area contributed by atoms with Crippen molar-refractivity contribution in [2.45, 2.75) is 75.3 Å². The minimum Gasteiger partial charge on any atom is -0.393 e. The molecule has 26 heavy (non-hydrogen) atoms. The Hall–Kier alpha value is 1.36. The molecule has 4 nitrogen and oxygen atoms in total. The first kappa shape index (κ1) is 29.6. The Morgan fingerprint density at radius 1 is 0.846 bits per heavy atom. The fourth-order valence-corrected chi connectivity index (χ4v) is 3.68. The predicted molar refractivity (Wildman–Crippen MR) is 129 cm³/mol. The van der Waals surface area contributed by atoms with Crippen LogP contribution < -0.4 is 0 Å². The van der Waals surface area contributed by atoms with E-state index in [1.54, 1.807) is 13.8 Å². The summed E-state index contributed by atoms with van der Waals surface area (Å²) in [6, 6.07) is 0. The summed E-state index contributed by atoms with van der Waals surface area (Å²) in [5, 5.41) is 36.4. The molecule has 0 heterocycles. The second kappa shape index (κ2) is 15.2. The van der Waals surface area contributed by atoms with E-state index >= 15 is 0 Å². The number of hydrogen-bond donors (Lipinski definition) is 4. The Morgan fingerprint density at radius 2 is 1.12 bits per heavy atom. The summed E-state index contributed by atoms with van der Waals surface area (Å²) in [6.07, 6.45) is 2.32. The molecular formula is C18H32Cl2I2O4. The third-order valence-corrected chi connectivity index (χ3v) is 6.21. The normalized spacial score (nSPS) is 19.7. The van der Waals surface area contributed by atoms with Gasteiger partial charge in [-0.1, -0.05) is 56.3 Å². The maximum atomic E-state index is 9.52. The Morgan fingerprint density at radius 3 is 1.31 bits per heavy atom. The van der Waals surface area contributed by atoms with Gasteiger partial charge in [0.1, 0.15) is 0 Å². The molecule has 4 atom stereocenters. The monoisotopic (exact) mass is 636 g/mol. The number of aliphatic hydroxyl groups is 4. The number of allylic oxidation sites excluding steroid dienone is 2. The lowest BCUT2D eigenvalue weighted by Crippen LogP contribution is -2.32. The molecular weight excluding hydrogens is 605 g/mol. The summed E-state index contributed by atoms with van der Waals surface area (Å²) >= 11 is 16.3. The molecule has 0 radical (unpaired) electrons. The molecule has 0 saturated heterocycles. The van der Waals surface area contributed by atoms with E-state index in [0.29, 0.717) is 12.8 Å². The fourth-order valence-electron chi connectivity index (χ4n) is 2.02. The quantitative estimate of drug-likeness (QED) is 0.203. The zero-order chi connectivity index (χ0) is 21.0. The van der Waals surface area contributed by atoms with Gasteiger partial charge in [-0.05, 0) is 61.5 Å². The van der Waals surface area contributed by atoms with Crippen LogP contribution >= 0.6 is 68.4 Å². The number of aliphatic hydroxyl groups excluding tert-OH is 2. The van der Waals surface area contributed by atoms with Gasteiger partial charge in [-0.2, -0.15) is 0 Å². The fraction of sp³-hybridized carbons (Fsp3) is 0.778. The van der Waals surface area contributed by atoms with Gasteiger partial charge < -0.3 is 20.4 Å². The van der Waals surface area contributed by atoms with E-state index in [1.807, 2.05) is 22.0 Å². The molecule has 0 spiro atoms. The van der Waals surface area contributed by atoms with Gasteiger partial charge in [0.2, 0.25) is 0 Å². The molecule has 0 rings (SSSR count). The molecule has 0 aromatic heterocycles. The molecule has 8 heteroatoms. The highest BCUT2D eigenvalue weighted by molar-refractivity contribution is 14.1. The predicted octanol–water partition coefficient (Wildman–Crippen LogP) is 4.91. The zero-order valence-electron chi connectivity index (χ0n) is 15.9. The van der Waals surface area contributed by atoms with Gasteiger partial charge in [0.15, 0.2) is 0 Å². The van der Waals surface area contributed by atoms with Gasteiger partial charge >= 0.3 is 0 Å². The lowest BCUT2D eigenvalue weighted by atomic mass is 9.98. The van der Waals surface area contributed by atoms with Crippen LogP contribution in [0.2, 0.25) is 0 Å². The van der Waals surface area contributed by atoms with Gasteiger partial charge in [0.05, 0.1) is 24.4 Å². The first-order valence-corrected chi connectivity index (χ1v) is 11.6. The molecule has 0 saturated carbocycles. The molecule has 0 unspecified atom stereocenters. The summed E-state index contributed by atoms with van der Waals surface area (Å²) in [4.78, 5) is 0. The molecule has 0 bridgehead atoms. The van der Waals surface area contributed by atoms with Gasteiger partial charge in [0, 0.05) is 10.8 Å². The van der Waals surface area contributed by atoms with Crippen LogP contribution in [0.15, 0.2) is 19.3 Å². The van der Waals surface area contributed by atoms with Gasteiger partial charge in [0.25, 0.3) is 0 Å². The average molecular weight is 637 g/mol. The number of rotatable bonds is 10. The molecule has 4 N–H and O–H groups in total. The van der Waals surface area contributed by atoms with Crippen LogP contribution in [-0.4, -0.2) is 55.6 Å². The van der Waals surface area contributed by atoms with Crippen LogP contribution in [0.25, 0.3) is 0 Å². The lowest BCUT2D eigenvalue weighted by molar-refractivity contribution is -0.00574. The minimum absolute atomic E-state index is 0.117. The van der Waals surface area contributed by atoms with E-state index in [2.05, 4.69) is 45.2 Å². The summed E-state index contributed by atoms with van der Waals surface area (Å²) in [5.74, 6) is 0. The maximum Gasteiger partial charge on any atom is 0.0863 e. The third-order valence-electron chi connectivity index (χ3n) is 3.46. The maximum absolute atomic E-state index is 9.52.